The van der Waals surface area contributed by atoms with Crippen LogP contribution < -0.4 is 0 Å². The molecule has 14 heavy (non-hydrogen) atoms. The van der Waals surface area contributed by atoms with Crippen LogP contribution in [0.3, 0.4) is 0 Å². The number of nitrogens with zero attached hydrogens (tertiary/aromatic N) is 1. The summed E-state index contributed by atoms with van der Waals surface area (Å²) in [4.78, 5) is 0. The van der Waals surface area contributed by atoms with Crippen LogP contribution in [0.1, 0.15) is 33.3 Å². The Bertz CT molecular complexity index is 350. The van der Waals surface area contributed by atoms with Crippen LogP contribution >= 0.6 is 0 Å². The van der Waals surface area contributed by atoms with E-state index in [2.05, 4.69) is 35.3 Å². The summed E-state index contributed by atoms with van der Waals surface area (Å²) in [5, 5.41) is 8.00. The van der Waals surface area contributed by atoms with Gasteiger partial charge in [-0.25, -0.2) is 0 Å². The molecule has 0 amide bonds. The molecule has 0 bridgehead atoms. The Morgan fingerprint density at radius 2 is 1.71 bits per heavy atom. The Kier molecular flexibility index (Phi) is 6.46. The maximum atomic E-state index is 3.92. The first kappa shape index (κ1) is 12.7. The van der Waals surface area contributed by atoms with E-state index in [1.54, 1.807) is 0 Å². The van der Waals surface area contributed by atoms with Crippen LogP contribution in [-0.2, 0) is 0 Å². The van der Waals surface area contributed by atoms with Gasteiger partial charge in [0.25, 0.3) is 0 Å². The van der Waals surface area contributed by atoms with Crippen LogP contribution in [0.5, 0.6) is 0 Å². The smallest absolute Gasteiger partial charge is 0.0652 e. The molecule has 1 heterocycles. The molecular formula is C12H20N2. The highest BCUT2D eigenvalue weighted by molar-refractivity contribution is 5.78. The molecule has 0 spiro atoms. The minimum atomic E-state index is 1.11. The lowest BCUT2D eigenvalue weighted by molar-refractivity contribution is 1.12. The van der Waals surface area contributed by atoms with E-state index in [0.717, 1.165) is 5.52 Å². The molecule has 0 aliphatic heterocycles. The fourth-order valence-corrected chi connectivity index (χ4v) is 1.05. The minimum Gasteiger partial charge on any atom is -0.278 e. The predicted molar refractivity (Wildman–Crippen MR) is 63.5 cm³/mol. The quantitative estimate of drug-likeness (QED) is 0.673. The number of rotatable bonds is 0. The number of nitrogens with one attached hydrogen (secondary N) is 1. The van der Waals surface area contributed by atoms with E-state index in [9.17, 15) is 0 Å². The summed E-state index contributed by atoms with van der Waals surface area (Å²) >= 11 is 0. The largest absolute Gasteiger partial charge is 0.278 e. The highest BCUT2D eigenvalue weighted by Crippen LogP contribution is 2.10. The molecule has 0 unspecified atom stereocenters. The van der Waals surface area contributed by atoms with Crippen molar-refractivity contribution >= 4 is 10.9 Å². The van der Waals surface area contributed by atoms with Gasteiger partial charge in [0.05, 0.1) is 11.7 Å². The highest BCUT2D eigenvalue weighted by Gasteiger charge is 1.92. The third kappa shape index (κ3) is 3.21. The average Bonchev–Trinajstić information content (AvgIpc) is 2.71. The second-order valence-corrected chi connectivity index (χ2v) is 2.46. The summed E-state index contributed by atoms with van der Waals surface area (Å²) in [7, 11) is 0. The molecule has 0 saturated carbocycles. The lowest BCUT2D eigenvalue weighted by Gasteiger charge is -1.89. The number of fused-ring (bicyclic) bond motifs is 1. The number of hydrogen-bond acceptors (Lipinski definition) is 1. The number of hydrogen-bond donors (Lipinski definition) is 1. The van der Waals surface area contributed by atoms with E-state index in [1.807, 2.05) is 33.9 Å². The van der Waals surface area contributed by atoms with Gasteiger partial charge in [0.1, 0.15) is 0 Å². The molecule has 2 heteroatoms. The molecule has 1 aromatic heterocycles. The lowest BCUT2D eigenvalue weighted by Crippen LogP contribution is -1.70. The standard InChI is InChI=1S/C8H8N2.2C2H6/c1-6-2-3-7-5-9-10-8(7)4-6;2*1-2/h2-5H,1H3,(H,9,10);2*1-2H3. The van der Waals surface area contributed by atoms with Gasteiger partial charge in [-0.15, -0.1) is 0 Å². The average molecular weight is 192 g/mol. The Balaban J connectivity index is 0.000000379. The van der Waals surface area contributed by atoms with Crippen molar-refractivity contribution in [3.05, 3.63) is 30.0 Å². The molecule has 2 nitrogen and oxygen atoms in total. The van der Waals surface area contributed by atoms with Crippen LogP contribution in [0.4, 0.5) is 0 Å². The zero-order chi connectivity index (χ0) is 11.0. The molecule has 1 N–H and O–H groups in total. The number of aromatic amines is 1. The van der Waals surface area contributed by atoms with Crippen LogP contribution in [0.2, 0.25) is 0 Å². The molecule has 0 radical (unpaired) electrons. The van der Waals surface area contributed by atoms with Crippen molar-refractivity contribution in [2.75, 3.05) is 0 Å². The Morgan fingerprint density at radius 3 is 2.36 bits per heavy atom. The molecule has 78 valence electrons. The number of aromatic nitrogens is 2. The molecule has 0 aliphatic carbocycles. The minimum absolute atomic E-state index is 1.11. The summed E-state index contributed by atoms with van der Waals surface area (Å²) in [6.07, 6.45) is 1.83. The fraction of sp³-hybridized carbons (Fsp3) is 0.417. The van der Waals surface area contributed by atoms with Crippen molar-refractivity contribution < 1.29 is 0 Å². The van der Waals surface area contributed by atoms with Gasteiger partial charge in [0.2, 0.25) is 0 Å². The number of H-pyrrole nitrogens is 1. The molecule has 2 rings (SSSR count). The zero-order valence-corrected chi connectivity index (χ0v) is 9.76. The summed E-state index contributed by atoms with van der Waals surface area (Å²) in [6, 6.07) is 6.23. The number of aryl methyl sites for hydroxylation is 1. The third-order valence-electron chi connectivity index (χ3n) is 1.60. The van der Waals surface area contributed by atoms with Gasteiger partial charge >= 0.3 is 0 Å². The summed E-state index contributed by atoms with van der Waals surface area (Å²) in [5.74, 6) is 0. The highest BCUT2D eigenvalue weighted by atomic mass is 15.1. The topological polar surface area (TPSA) is 28.7 Å². The van der Waals surface area contributed by atoms with Crippen LogP contribution in [0.25, 0.3) is 10.9 Å². The van der Waals surface area contributed by atoms with Gasteiger partial charge in [0, 0.05) is 5.39 Å². The normalized spacial score (nSPS) is 8.36. The Labute approximate surface area is 86.3 Å². The molecule has 0 atom stereocenters. The van der Waals surface area contributed by atoms with Crippen LogP contribution in [0, 0.1) is 6.92 Å². The van der Waals surface area contributed by atoms with Gasteiger partial charge in [-0.1, -0.05) is 39.8 Å². The second kappa shape index (κ2) is 7.13. The molecule has 1 aromatic carbocycles. The van der Waals surface area contributed by atoms with E-state index in [0.29, 0.717) is 0 Å². The maximum absolute atomic E-state index is 3.92. The summed E-state index contributed by atoms with van der Waals surface area (Å²) in [6.45, 7) is 10.1. The zero-order valence-electron chi connectivity index (χ0n) is 9.76. The molecular weight excluding hydrogens is 172 g/mol. The number of benzene rings is 1. The monoisotopic (exact) mass is 192 g/mol. The first-order valence-electron chi connectivity index (χ1n) is 5.26. The molecule has 2 aromatic rings. The summed E-state index contributed by atoms with van der Waals surface area (Å²) in [5.41, 5.74) is 2.37. The Hall–Kier alpha value is -1.31. The van der Waals surface area contributed by atoms with Crippen molar-refractivity contribution in [2.24, 2.45) is 0 Å². The van der Waals surface area contributed by atoms with Crippen molar-refractivity contribution in [3.63, 3.8) is 0 Å². The molecule has 0 aliphatic rings. The van der Waals surface area contributed by atoms with Crippen LogP contribution in [0.15, 0.2) is 24.4 Å². The van der Waals surface area contributed by atoms with Crippen molar-refractivity contribution in [2.45, 2.75) is 34.6 Å². The van der Waals surface area contributed by atoms with E-state index >= 15 is 0 Å². The lowest BCUT2D eigenvalue weighted by atomic mass is 10.2. The van der Waals surface area contributed by atoms with E-state index in [4.69, 9.17) is 0 Å². The van der Waals surface area contributed by atoms with Gasteiger partial charge in [-0.2, -0.15) is 5.10 Å². The first-order valence-corrected chi connectivity index (χ1v) is 5.26. The van der Waals surface area contributed by atoms with Crippen molar-refractivity contribution in [3.8, 4) is 0 Å². The fourth-order valence-electron chi connectivity index (χ4n) is 1.05. The van der Waals surface area contributed by atoms with Crippen molar-refractivity contribution in [1.82, 2.24) is 10.2 Å². The Morgan fingerprint density at radius 1 is 1.07 bits per heavy atom. The first-order chi connectivity index (χ1) is 6.86. The predicted octanol–water partition coefficient (Wildman–Crippen LogP) is 3.92. The second-order valence-electron chi connectivity index (χ2n) is 2.46. The van der Waals surface area contributed by atoms with Crippen molar-refractivity contribution in [1.29, 1.82) is 0 Å². The SMILES string of the molecule is CC.CC.Cc1ccc2cn[nH]c2c1. The van der Waals surface area contributed by atoms with E-state index in [-0.39, 0.29) is 0 Å². The maximum Gasteiger partial charge on any atom is 0.0652 e. The molecule has 0 fully saturated rings. The van der Waals surface area contributed by atoms with Gasteiger partial charge in [0.15, 0.2) is 0 Å². The van der Waals surface area contributed by atoms with Crippen LogP contribution in [-0.4, -0.2) is 10.2 Å². The van der Waals surface area contributed by atoms with E-state index < -0.39 is 0 Å². The van der Waals surface area contributed by atoms with E-state index in [1.165, 1.54) is 10.9 Å². The summed E-state index contributed by atoms with van der Waals surface area (Å²) < 4.78 is 0. The van der Waals surface area contributed by atoms with Gasteiger partial charge in [-0.3, -0.25) is 5.10 Å². The molecule has 0 saturated heterocycles. The van der Waals surface area contributed by atoms with Gasteiger partial charge in [-0.05, 0) is 18.6 Å². The third-order valence-corrected chi connectivity index (χ3v) is 1.60. The van der Waals surface area contributed by atoms with Gasteiger partial charge < -0.3 is 0 Å².